The third kappa shape index (κ3) is 3.71. The summed E-state index contributed by atoms with van der Waals surface area (Å²) in [5, 5.41) is 7.13. The highest BCUT2D eigenvalue weighted by Gasteiger charge is 2.13. The van der Waals surface area contributed by atoms with E-state index < -0.39 is 0 Å². The molecule has 0 saturated heterocycles. The zero-order valence-corrected chi connectivity index (χ0v) is 15.8. The van der Waals surface area contributed by atoms with Crippen LogP contribution in [0.3, 0.4) is 0 Å². The van der Waals surface area contributed by atoms with Gasteiger partial charge in [-0.05, 0) is 41.8 Å². The smallest absolute Gasteiger partial charge is 0.221 e. The van der Waals surface area contributed by atoms with E-state index in [0.717, 1.165) is 40.2 Å². The maximum absolute atomic E-state index is 11.3. The summed E-state index contributed by atoms with van der Waals surface area (Å²) in [6, 6.07) is 15.9. The minimum absolute atomic E-state index is 0.104. The van der Waals surface area contributed by atoms with Crippen LogP contribution in [-0.4, -0.2) is 20.9 Å². The molecule has 0 aliphatic rings. The monoisotopic (exact) mass is 371 g/mol. The lowest BCUT2D eigenvalue weighted by Crippen LogP contribution is -2.06. The van der Waals surface area contributed by atoms with Crippen LogP contribution < -0.4 is 10.6 Å². The zero-order chi connectivity index (χ0) is 19.5. The molecule has 28 heavy (non-hydrogen) atoms. The van der Waals surface area contributed by atoms with Crippen molar-refractivity contribution in [3.05, 3.63) is 77.7 Å². The first-order chi connectivity index (χ1) is 13.6. The molecule has 0 spiro atoms. The number of carbonyl (C=O) groups is 1. The first kappa shape index (κ1) is 17.7. The number of nitrogens with zero attached hydrogens (tertiary/aromatic N) is 2. The summed E-state index contributed by atoms with van der Waals surface area (Å²) in [5.74, 6) is 0.627. The molecule has 140 valence electrons. The molecule has 0 radical (unpaired) electrons. The Morgan fingerprint density at radius 1 is 1.04 bits per heavy atom. The van der Waals surface area contributed by atoms with Gasteiger partial charge in [-0.25, -0.2) is 9.97 Å². The zero-order valence-electron chi connectivity index (χ0n) is 15.8. The number of rotatable bonds is 5. The number of aromatic nitrogens is 3. The molecule has 4 rings (SSSR count). The Bertz CT molecular complexity index is 1150. The number of nitrogens with one attached hydrogen (secondary N) is 3. The molecular weight excluding hydrogens is 350 g/mol. The topological polar surface area (TPSA) is 82.7 Å². The molecule has 6 heteroatoms. The number of amides is 1. The summed E-state index contributed by atoms with van der Waals surface area (Å²) in [5.41, 5.74) is 6.02. The van der Waals surface area contributed by atoms with Crippen molar-refractivity contribution in [3.63, 3.8) is 0 Å². The van der Waals surface area contributed by atoms with Gasteiger partial charge in [-0.1, -0.05) is 30.3 Å². The minimum atomic E-state index is -0.104. The van der Waals surface area contributed by atoms with Gasteiger partial charge in [0.2, 0.25) is 5.91 Å². The summed E-state index contributed by atoms with van der Waals surface area (Å²) in [6.45, 7) is 3.61. The molecule has 0 saturated carbocycles. The Morgan fingerprint density at radius 3 is 2.68 bits per heavy atom. The molecule has 2 aromatic carbocycles. The van der Waals surface area contributed by atoms with Gasteiger partial charge in [0.25, 0.3) is 0 Å². The number of benzene rings is 2. The number of hydrogen-bond acceptors (Lipinski definition) is 4. The van der Waals surface area contributed by atoms with Crippen molar-refractivity contribution in [2.75, 3.05) is 10.6 Å². The SMILES string of the molecule is CC(=O)Nc1cccc(Nc2ncnc3[nH]cc(Cc4ccccc4C)c23)c1. The van der Waals surface area contributed by atoms with Gasteiger partial charge in [0.05, 0.1) is 5.39 Å². The van der Waals surface area contributed by atoms with Crippen LogP contribution in [0.5, 0.6) is 0 Å². The van der Waals surface area contributed by atoms with Crippen molar-refractivity contribution in [1.82, 2.24) is 15.0 Å². The Hall–Kier alpha value is -3.67. The van der Waals surface area contributed by atoms with E-state index >= 15 is 0 Å². The fourth-order valence-electron chi connectivity index (χ4n) is 3.29. The lowest BCUT2D eigenvalue weighted by Gasteiger charge is -2.10. The number of carbonyl (C=O) groups excluding carboxylic acids is 1. The van der Waals surface area contributed by atoms with Gasteiger partial charge in [0.15, 0.2) is 0 Å². The minimum Gasteiger partial charge on any atom is -0.346 e. The van der Waals surface area contributed by atoms with Crippen LogP contribution in [0.15, 0.2) is 61.1 Å². The van der Waals surface area contributed by atoms with Crippen LogP contribution >= 0.6 is 0 Å². The highest BCUT2D eigenvalue weighted by atomic mass is 16.1. The lowest BCUT2D eigenvalue weighted by atomic mass is 10.0. The van der Waals surface area contributed by atoms with Crippen LogP contribution in [0.25, 0.3) is 11.0 Å². The van der Waals surface area contributed by atoms with E-state index in [-0.39, 0.29) is 5.91 Å². The van der Waals surface area contributed by atoms with E-state index in [1.807, 2.05) is 36.5 Å². The maximum atomic E-state index is 11.3. The van der Waals surface area contributed by atoms with Crippen LogP contribution in [0.1, 0.15) is 23.6 Å². The van der Waals surface area contributed by atoms with E-state index in [9.17, 15) is 4.79 Å². The summed E-state index contributed by atoms with van der Waals surface area (Å²) < 4.78 is 0. The Labute approximate surface area is 163 Å². The van der Waals surface area contributed by atoms with Crippen molar-refractivity contribution in [2.24, 2.45) is 0 Å². The molecule has 0 unspecified atom stereocenters. The maximum Gasteiger partial charge on any atom is 0.221 e. The van der Waals surface area contributed by atoms with Gasteiger partial charge in [0, 0.05) is 30.9 Å². The van der Waals surface area contributed by atoms with Crippen molar-refractivity contribution in [3.8, 4) is 0 Å². The van der Waals surface area contributed by atoms with E-state index in [2.05, 4.69) is 50.7 Å². The van der Waals surface area contributed by atoms with Crippen LogP contribution in [-0.2, 0) is 11.2 Å². The summed E-state index contributed by atoms with van der Waals surface area (Å²) in [6.07, 6.45) is 4.32. The second-order valence-corrected chi connectivity index (χ2v) is 6.75. The standard InChI is InChI=1S/C22H21N5O/c1-14-6-3-4-7-16(14)10-17-12-23-21-20(17)22(25-13-24-21)27-19-9-5-8-18(11-19)26-15(2)28/h3-9,11-13H,10H2,1-2H3,(H,26,28)(H2,23,24,25,27). The van der Waals surface area contributed by atoms with E-state index in [4.69, 9.17) is 0 Å². The molecular formula is C22H21N5O. The Morgan fingerprint density at radius 2 is 1.86 bits per heavy atom. The molecule has 0 aliphatic carbocycles. The Kier molecular flexibility index (Phi) is 4.76. The largest absolute Gasteiger partial charge is 0.346 e. The quantitative estimate of drug-likeness (QED) is 0.480. The predicted octanol–water partition coefficient (Wildman–Crippen LogP) is 4.56. The number of anilines is 3. The number of fused-ring (bicyclic) bond motifs is 1. The van der Waals surface area contributed by atoms with E-state index in [0.29, 0.717) is 0 Å². The second-order valence-electron chi connectivity index (χ2n) is 6.75. The first-order valence-corrected chi connectivity index (χ1v) is 9.10. The van der Waals surface area contributed by atoms with Crippen LogP contribution in [0.4, 0.5) is 17.2 Å². The molecule has 0 atom stereocenters. The van der Waals surface area contributed by atoms with Gasteiger partial charge in [-0.3, -0.25) is 4.79 Å². The highest BCUT2D eigenvalue weighted by molar-refractivity contribution is 5.93. The lowest BCUT2D eigenvalue weighted by molar-refractivity contribution is -0.114. The molecule has 2 aromatic heterocycles. The molecule has 2 heterocycles. The molecule has 0 aliphatic heterocycles. The fraction of sp³-hybridized carbons (Fsp3) is 0.136. The summed E-state index contributed by atoms with van der Waals surface area (Å²) in [4.78, 5) is 23.4. The van der Waals surface area contributed by atoms with Gasteiger partial charge in [-0.15, -0.1) is 0 Å². The molecule has 0 bridgehead atoms. The normalized spacial score (nSPS) is 10.8. The highest BCUT2D eigenvalue weighted by Crippen LogP contribution is 2.29. The third-order valence-corrected chi connectivity index (χ3v) is 4.64. The van der Waals surface area contributed by atoms with Crippen molar-refractivity contribution < 1.29 is 4.79 Å². The second kappa shape index (κ2) is 7.52. The van der Waals surface area contributed by atoms with Crippen LogP contribution in [0, 0.1) is 6.92 Å². The number of hydrogen-bond donors (Lipinski definition) is 3. The van der Waals surface area contributed by atoms with E-state index in [1.54, 1.807) is 0 Å². The summed E-state index contributed by atoms with van der Waals surface area (Å²) >= 11 is 0. The van der Waals surface area contributed by atoms with Crippen molar-refractivity contribution >= 4 is 34.1 Å². The van der Waals surface area contributed by atoms with Gasteiger partial charge < -0.3 is 15.6 Å². The number of H-pyrrole nitrogens is 1. The van der Waals surface area contributed by atoms with Gasteiger partial charge in [0.1, 0.15) is 17.8 Å². The van der Waals surface area contributed by atoms with Gasteiger partial charge >= 0.3 is 0 Å². The fourth-order valence-corrected chi connectivity index (χ4v) is 3.29. The number of aromatic amines is 1. The van der Waals surface area contributed by atoms with Crippen molar-refractivity contribution in [1.29, 1.82) is 0 Å². The number of aryl methyl sites for hydroxylation is 1. The molecule has 3 N–H and O–H groups in total. The van der Waals surface area contributed by atoms with Gasteiger partial charge in [-0.2, -0.15) is 0 Å². The summed E-state index contributed by atoms with van der Waals surface area (Å²) in [7, 11) is 0. The average Bonchev–Trinajstić information content (AvgIpc) is 3.07. The van der Waals surface area contributed by atoms with E-state index in [1.165, 1.54) is 24.4 Å². The molecule has 0 fully saturated rings. The average molecular weight is 371 g/mol. The molecule has 1 amide bonds. The third-order valence-electron chi connectivity index (χ3n) is 4.64. The Balaban J connectivity index is 1.69. The predicted molar refractivity (Wildman–Crippen MR) is 112 cm³/mol. The molecule has 6 nitrogen and oxygen atoms in total. The van der Waals surface area contributed by atoms with Crippen LogP contribution in [0.2, 0.25) is 0 Å². The van der Waals surface area contributed by atoms with Crippen molar-refractivity contribution in [2.45, 2.75) is 20.3 Å². The molecule has 4 aromatic rings. The first-order valence-electron chi connectivity index (χ1n) is 9.10.